The Morgan fingerprint density at radius 2 is 1.82 bits per heavy atom. The third-order valence-corrected chi connectivity index (χ3v) is 4.21. The van der Waals surface area contributed by atoms with E-state index in [9.17, 15) is 18.0 Å². The summed E-state index contributed by atoms with van der Waals surface area (Å²) in [5.41, 5.74) is 0.615. The van der Waals surface area contributed by atoms with Crippen LogP contribution in [0.5, 0.6) is 5.75 Å². The molecule has 0 unspecified atom stereocenters. The van der Waals surface area contributed by atoms with Crippen molar-refractivity contribution in [2.45, 2.75) is 6.18 Å². The monoisotopic (exact) mass is 406 g/mol. The van der Waals surface area contributed by atoms with E-state index in [2.05, 4.69) is 10.3 Å². The summed E-state index contributed by atoms with van der Waals surface area (Å²) in [6.45, 7) is 0. The maximum atomic E-state index is 13.0. The van der Waals surface area contributed by atoms with Crippen molar-refractivity contribution in [3.63, 3.8) is 0 Å². The molecule has 8 heteroatoms. The fraction of sp³-hybridized carbons (Fsp3) is 0.100. The SMILES string of the molecule is COc1cc(NC(=O)c2ccc(-c3ncccc3Cl)cc2)cc(C(F)(F)F)c1. The number of methoxy groups -OCH3 is 1. The predicted octanol–water partition coefficient (Wildman–Crippen LogP) is 5.68. The molecule has 3 rings (SSSR count). The third-order valence-electron chi connectivity index (χ3n) is 3.91. The smallest absolute Gasteiger partial charge is 0.416 e. The quantitative estimate of drug-likeness (QED) is 0.606. The predicted molar refractivity (Wildman–Crippen MR) is 101 cm³/mol. The van der Waals surface area contributed by atoms with Crippen molar-refractivity contribution in [3.8, 4) is 17.0 Å². The molecular weight excluding hydrogens is 393 g/mol. The van der Waals surface area contributed by atoms with E-state index in [-0.39, 0.29) is 17.0 Å². The Morgan fingerprint density at radius 3 is 2.43 bits per heavy atom. The number of ether oxygens (including phenoxy) is 1. The molecule has 1 N–H and O–H groups in total. The number of amides is 1. The van der Waals surface area contributed by atoms with Crippen molar-refractivity contribution in [1.82, 2.24) is 4.98 Å². The highest BCUT2D eigenvalue weighted by Gasteiger charge is 2.31. The molecule has 0 aliphatic carbocycles. The summed E-state index contributed by atoms with van der Waals surface area (Å²) in [5.74, 6) is -0.565. The molecule has 0 aliphatic rings. The Morgan fingerprint density at radius 1 is 1.11 bits per heavy atom. The van der Waals surface area contributed by atoms with Gasteiger partial charge in [-0.05, 0) is 36.4 Å². The Hall–Kier alpha value is -3.06. The Bertz CT molecular complexity index is 1010. The van der Waals surface area contributed by atoms with Gasteiger partial charge in [0, 0.05) is 29.1 Å². The Balaban J connectivity index is 1.83. The lowest BCUT2D eigenvalue weighted by molar-refractivity contribution is -0.137. The first-order valence-electron chi connectivity index (χ1n) is 8.06. The van der Waals surface area contributed by atoms with Crippen molar-refractivity contribution >= 4 is 23.2 Å². The summed E-state index contributed by atoms with van der Waals surface area (Å²) in [6.07, 6.45) is -2.96. The molecule has 0 radical (unpaired) electrons. The fourth-order valence-corrected chi connectivity index (χ4v) is 2.76. The molecule has 0 fully saturated rings. The molecule has 4 nitrogen and oxygen atoms in total. The van der Waals surface area contributed by atoms with Gasteiger partial charge < -0.3 is 10.1 Å². The van der Waals surface area contributed by atoms with Gasteiger partial charge in [-0.2, -0.15) is 13.2 Å². The second kappa shape index (κ2) is 7.90. The summed E-state index contributed by atoms with van der Waals surface area (Å²) in [6, 6.07) is 12.8. The molecule has 3 aromatic rings. The largest absolute Gasteiger partial charge is 0.497 e. The fourth-order valence-electron chi connectivity index (χ4n) is 2.53. The van der Waals surface area contributed by atoms with Crippen LogP contribution in [0.4, 0.5) is 18.9 Å². The number of nitrogens with zero attached hydrogens (tertiary/aromatic N) is 1. The Labute approximate surface area is 163 Å². The van der Waals surface area contributed by atoms with E-state index < -0.39 is 17.6 Å². The maximum Gasteiger partial charge on any atom is 0.416 e. The molecular formula is C20H14ClF3N2O2. The number of halogens is 4. The van der Waals surface area contributed by atoms with Crippen LogP contribution in [-0.4, -0.2) is 18.0 Å². The maximum absolute atomic E-state index is 13.0. The normalized spacial score (nSPS) is 11.2. The van der Waals surface area contributed by atoms with Gasteiger partial charge in [-0.3, -0.25) is 9.78 Å². The molecule has 0 bridgehead atoms. The van der Waals surface area contributed by atoms with Crippen molar-refractivity contribution in [3.05, 3.63) is 76.9 Å². The third kappa shape index (κ3) is 4.43. The van der Waals surface area contributed by atoms with Crippen LogP contribution in [0.3, 0.4) is 0 Å². The van der Waals surface area contributed by atoms with Gasteiger partial charge in [0.05, 0.1) is 23.4 Å². The lowest BCUT2D eigenvalue weighted by Gasteiger charge is -2.13. The topological polar surface area (TPSA) is 51.2 Å². The lowest BCUT2D eigenvalue weighted by Crippen LogP contribution is -2.13. The number of carbonyl (C=O) groups is 1. The molecule has 1 heterocycles. The second-order valence-corrected chi connectivity index (χ2v) is 6.22. The van der Waals surface area contributed by atoms with Crippen LogP contribution >= 0.6 is 11.6 Å². The molecule has 0 saturated carbocycles. The van der Waals surface area contributed by atoms with Gasteiger partial charge in [0.15, 0.2) is 0 Å². The van der Waals surface area contributed by atoms with Crippen molar-refractivity contribution in [2.24, 2.45) is 0 Å². The van der Waals surface area contributed by atoms with Gasteiger partial charge in [0.25, 0.3) is 5.91 Å². The van der Waals surface area contributed by atoms with Gasteiger partial charge in [-0.15, -0.1) is 0 Å². The highest BCUT2D eigenvalue weighted by molar-refractivity contribution is 6.33. The van der Waals surface area contributed by atoms with E-state index in [0.29, 0.717) is 16.3 Å². The zero-order valence-electron chi connectivity index (χ0n) is 14.5. The van der Waals surface area contributed by atoms with Gasteiger partial charge in [0.2, 0.25) is 0 Å². The van der Waals surface area contributed by atoms with E-state index in [0.717, 1.165) is 12.1 Å². The van der Waals surface area contributed by atoms with Crippen LogP contribution in [0, 0.1) is 0 Å². The molecule has 2 aromatic carbocycles. The highest BCUT2D eigenvalue weighted by atomic mass is 35.5. The van der Waals surface area contributed by atoms with Crippen LogP contribution in [0.1, 0.15) is 15.9 Å². The van der Waals surface area contributed by atoms with Gasteiger partial charge in [-0.1, -0.05) is 23.7 Å². The number of pyridine rings is 1. The number of nitrogens with one attached hydrogen (secondary N) is 1. The van der Waals surface area contributed by atoms with E-state index in [1.807, 2.05) is 0 Å². The van der Waals surface area contributed by atoms with Crippen molar-refractivity contribution in [1.29, 1.82) is 0 Å². The number of aromatic nitrogens is 1. The van der Waals surface area contributed by atoms with Crippen LogP contribution in [-0.2, 0) is 6.18 Å². The van der Waals surface area contributed by atoms with Gasteiger partial charge in [-0.25, -0.2) is 0 Å². The molecule has 0 saturated heterocycles. The molecule has 0 spiro atoms. The molecule has 0 atom stereocenters. The number of anilines is 1. The van der Waals surface area contributed by atoms with Crippen LogP contribution in [0.15, 0.2) is 60.8 Å². The summed E-state index contributed by atoms with van der Waals surface area (Å²) in [4.78, 5) is 16.6. The average molecular weight is 407 g/mol. The van der Waals surface area contributed by atoms with Crippen LogP contribution in [0.25, 0.3) is 11.3 Å². The average Bonchev–Trinajstić information content (AvgIpc) is 2.67. The van der Waals surface area contributed by atoms with E-state index >= 15 is 0 Å². The Kier molecular flexibility index (Phi) is 5.56. The molecule has 0 aliphatic heterocycles. The molecule has 144 valence electrons. The minimum Gasteiger partial charge on any atom is -0.497 e. The number of carbonyl (C=O) groups excluding carboxylic acids is 1. The summed E-state index contributed by atoms with van der Waals surface area (Å²) < 4.78 is 43.9. The van der Waals surface area contributed by atoms with E-state index in [1.54, 1.807) is 42.6 Å². The molecule has 28 heavy (non-hydrogen) atoms. The lowest BCUT2D eigenvalue weighted by atomic mass is 10.1. The zero-order valence-corrected chi connectivity index (χ0v) is 15.3. The number of alkyl halides is 3. The first kappa shape index (κ1) is 19.7. The summed E-state index contributed by atoms with van der Waals surface area (Å²) >= 11 is 6.10. The van der Waals surface area contributed by atoms with Crippen LogP contribution in [0.2, 0.25) is 5.02 Å². The van der Waals surface area contributed by atoms with Crippen LogP contribution < -0.4 is 10.1 Å². The molecule has 1 aromatic heterocycles. The van der Waals surface area contributed by atoms with Gasteiger partial charge in [0.1, 0.15) is 5.75 Å². The van der Waals surface area contributed by atoms with Crippen molar-refractivity contribution in [2.75, 3.05) is 12.4 Å². The second-order valence-electron chi connectivity index (χ2n) is 5.81. The minimum atomic E-state index is -4.56. The first-order chi connectivity index (χ1) is 13.3. The van der Waals surface area contributed by atoms with E-state index in [4.69, 9.17) is 16.3 Å². The summed E-state index contributed by atoms with van der Waals surface area (Å²) in [5, 5.41) is 2.92. The molecule has 1 amide bonds. The number of rotatable bonds is 4. The standard InChI is InChI=1S/C20H14ClF3N2O2/c1-28-16-10-14(20(22,23)24)9-15(11-16)26-19(27)13-6-4-12(5-7-13)18-17(21)3-2-8-25-18/h2-11H,1H3,(H,26,27). The highest BCUT2D eigenvalue weighted by Crippen LogP contribution is 2.34. The zero-order chi connectivity index (χ0) is 20.3. The number of hydrogen-bond acceptors (Lipinski definition) is 3. The van der Waals surface area contributed by atoms with E-state index in [1.165, 1.54) is 13.2 Å². The van der Waals surface area contributed by atoms with Crippen molar-refractivity contribution < 1.29 is 22.7 Å². The number of benzene rings is 2. The number of hydrogen-bond donors (Lipinski definition) is 1. The van der Waals surface area contributed by atoms with Gasteiger partial charge >= 0.3 is 6.18 Å². The minimum absolute atomic E-state index is 0.00901. The first-order valence-corrected chi connectivity index (χ1v) is 8.44. The summed E-state index contributed by atoms with van der Waals surface area (Å²) in [7, 11) is 1.25.